The number of amides is 1. The summed E-state index contributed by atoms with van der Waals surface area (Å²) < 4.78 is 21.9. The molecule has 1 amide bonds. The van der Waals surface area contributed by atoms with Crippen LogP contribution >= 0.6 is 31.9 Å². The molecule has 1 aliphatic rings. The molecule has 0 aromatic heterocycles. The van der Waals surface area contributed by atoms with Crippen molar-refractivity contribution in [3.8, 4) is 17.2 Å². The highest BCUT2D eigenvalue weighted by Gasteiger charge is 2.34. The largest absolute Gasteiger partial charge is 0.492 e. The number of rotatable bonds is 5. The van der Waals surface area contributed by atoms with Gasteiger partial charge >= 0.3 is 5.97 Å². The van der Waals surface area contributed by atoms with Gasteiger partial charge in [0.05, 0.1) is 48.9 Å². The molecule has 0 spiro atoms. The maximum absolute atomic E-state index is 13.2. The number of benzene rings is 1. The third-order valence-corrected chi connectivity index (χ3v) is 5.83. The fourth-order valence-corrected chi connectivity index (χ4v) is 4.73. The number of hydrogen-bond donors (Lipinski definition) is 0. The van der Waals surface area contributed by atoms with Crippen molar-refractivity contribution in [3.63, 3.8) is 0 Å². The van der Waals surface area contributed by atoms with Crippen molar-refractivity contribution in [1.82, 2.24) is 4.90 Å². The lowest BCUT2D eigenvalue weighted by molar-refractivity contribution is -0.146. The minimum Gasteiger partial charge on any atom is -0.492 e. The number of nitrogens with zero attached hydrogens (tertiary/aromatic N) is 1. The molecule has 0 N–H and O–H groups in total. The summed E-state index contributed by atoms with van der Waals surface area (Å²) in [6, 6.07) is 0. The maximum atomic E-state index is 13.2. The lowest BCUT2D eigenvalue weighted by atomic mass is 9.97. The highest BCUT2D eigenvalue weighted by atomic mass is 79.9. The van der Waals surface area contributed by atoms with E-state index < -0.39 is 0 Å². The highest BCUT2D eigenvalue weighted by molar-refractivity contribution is 9.11. The van der Waals surface area contributed by atoms with Crippen molar-refractivity contribution < 1.29 is 28.5 Å². The van der Waals surface area contributed by atoms with Gasteiger partial charge in [0, 0.05) is 13.1 Å². The summed E-state index contributed by atoms with van der Waals surface area (Å²) in [5.74, 6) is 0.227. The topological polar surface area (TPSA) is 74.3 Å². The van der Waals surface area contributed by atoms with E-state index in [1.54, 1.807) is 4.90 Å². The second-order valence-corrected chi connectivity index (χ2v) is 7.30. The lowest BCUT2D eigenvalue weighted by Gasteiger charge is -2.32. The zero-order valence-corrected chi connectivity index (χ0v) is 18.2. The van der Waals surface area contributed by atoms with E-state index in [0.29, 0.717) is 51.3 Å². The quantitative estimate of drug-likeness (QED) is 0.585. The van der Waals surface area contributed by atoms with Gasteiger partial charge in [-0.15, -0.1) is 0 Å². The van der Waals surface area contributed by atoms with Crippen molar-refractivity contribution in [2.45, 2.75) is 12.8 Å². The predicted molar refractivity (Wildman–Crippen MR) is 102 cm³/mol. The first-order chi connectivity index (χ1) is 12.4. The first kappa shape index (κ1) is 20.8. The van der Waals surface area contributed by atoms with Crippen molar-refractivity contribution >= 4 is 43.7 Å². The van der Waals surface area contributed by atoms with Gasteiger partial charge in [-0.1, -0.05) is 0 Å². The van der Waals surface area contributed by atoms with E-state index in [9.17, 15) is 9.59 Å². The molecule has 144 valence electrons. The Morgan fingerprint density at radius 3 is 1.96 bits per heavy atom. The number of piperidine rings is 1. The van der Waals surface area contributed by atoms with Gasteiger partial charge in [0.15, 0.2) is 11.5 Å². The van der Waals surface area contributed by atoms with Gasteiger partial charge in [-0.2, -0.15) is 0 Å². The van der Waals surface area contributed by atoms with Gasteiger partial charge in [-0.25, -0.2) is 0 Å². The molecule has 0 saturated carbocycles. The Morgan fingerprint density at radius 2 is 1.50 bits per heavy atom. The number of carbonyl (C=O) groups is 2. The minimum atomic E-state index is -0.322. The van der Waals surface area contributed by atoms with Gasteiger partial charge in [0.2, 0.25) is 5.75 Å². The van der Waals surface area contributed by atoms with Crippen LogP contribution in [0.4, 0.5) is 0 Å². The summed E-state index contributed by atoms with van der Waals surface area (Å²) in [5.41, 5.74) is 0.352. The summed E-state index contributed by atoms with van der Waals surface area (Å²) in [4.78, 5) is 26.7. The fraction of sp³-hybridized carbons (Fsp3) is 0.529. The third-order valence-electron chi connectivity index (χ3n) is 4.32. The Labute approximate surface area is 169 Å². The van der Waals surface area contributed by atoms with Crippen LogP contribution in [0.2, 0.25) is 0 Å². The third kappa shape index (κ3) is 3.78. The number of methoxy groups -OCH3 is 4. The molecule has 7 nitrogen and oxygen atoms in total. The van der Waals surface area contributed by atoms with E-state index in [4.69, 9.17) is 18.9 Å². The van der Waals surface area contributed by atoms with Gasteiger partial charge in [-0.05, 0) is 44.7 Å². The van der Waals surface area contributed by atoms with Gasteiger partial charge in [0.25, 0.3) is 5.91 Å². The minimum absolute atomic E-state index is 0.239. The van der Waals surface area contributed by atoms with E-state index in [2.05, 4.69) is 31.9 Å². The lowest BCUT2D eigenvalue weighted by Crippen LogP contribution is -2.42. The normalized spacial score (nSPS) is 16.8. The molecular formula is C17H21Br2NO6. The number of likely N-dealkylation sites (tertiary alicyclic amines) is 1. The van der Waals surface area contributed by atoms with Crippen LogP contribution in [-0.4, -0.2) is 58.3 Å². The van der Waals surface area contributed by atoms with Crippen LogP contribution in [0.15, 0.2) is 8.95 Å². The number of esters is 1. The first-order valence-corrected chi connectivity index (χ1v) is 9.53. The molecule has 2 rings (SSSR count). The number of halogens is 2. The smallest absolute Gasteiger partial charge is 0.310 e. The summed E-state index contributed by atoms with van der Waals surface area (Å²) in [6.07, 6.45) is 1.43. The van der Waals surface area contributed by atoms with Crippen molar-refractivity contribution in [1.29, 1.82) is 0 Å². The van der Waals surface area contributed by atoms with E-state index in [0.717, 1.165) is 6.42 Å². The van der Waals surface area contributed by atoms with Crippen LogP contribution in [-0.2, 0) is 9.53 Å². The average molecular weight is 495 g/mol. The maximum Gasteiger partial charge on any atom is 0.310 e. The highest BCUT2D eigenvalue weighted by Crippen LogP contribution is 2.50. The fourth-order valence-electron chi connectivity index (χ4n) is 3.04. The molecule has 1 saturated heterocycles. The van der Waals surface area contributed by atoms with Crippen LogP contribution in [0.1, 0.15) is 23.2 Å². The van der Waals surface area contributed by atoms with Crippen molar-refractivity contribution in [2.75, 3.05) is 41.5 Å². The second-order valence-electron chi connectivity index (χ2n) is 5.72. The van der Waals surface area contributed by atoms with E-state index in [1.807, 2.05) is 0 Å². The molecule has 1 heterocycles. The van der Waals surface area contributed by atoms with Gasteiger partial charge in [0.1, 0.15) is 0 Å². The average Bonchev–Trinajstić information content (AvgIpc) is 2.66. The SMILES string of the molecule is COC(=O)C1CCCN(C(=O)c2c(Br)c(OC)c(OC)c(OC)c2Br)C1. The van der Waals surface area contributed by atoms with E-state index in [-0.39, 0.29) is 17.8 Å². The summed E-state index contributed by atoms with van der Waals surface area (Å²) in [6.45, 7) is 0.864. The molecule has 1 fully saturated rings. The predicted octanol–water partition coefficient (Wildman–Crippen LogP) is 3.26. The molecule has 26 heavy (non-hydrogen) atoms. The molecule has 1 aromatic carbocycles. The Hall–Kier alpha value is -1.48. The second kappa shape index (κ2) is 8.94. The number of carbonyl (C=O) groups excluding carboxylic acids is 2. The molecule has 9 heteroatoms. The molecule has 0 radical (unpaired) electrons. The van der Waals surface area contributed by atoms with Crippen LogP contribution in [0.5, 0.6) is 17.2 Å². The Bertz CT molecular complexity index is 678. The standard InChI is InChI=1S/C17H21Br2NO6/c1-23-13-11(18)10(12(19)14(24-2)15(13)25-3)16(21)20-7-5-6-9(8-20)17(22)26-4/h9H,5-8H2,1-4H3. The van der Waals surface area contributed by atoms with Crippen LogP contribution in [0.3, 0.4) is 0 Å². The van der Waals surface area contributed by atoms with E-state index >= 15 is 0 Å². The zero-order chi connectivity index (χ0) is 19.4. The van der Waals surface area contributed by atoms with E-state index in [1.165, 1.54) is 28.4 Å². The van der Waals surface area contributed by atoms with Crippen LogP contribution in [0.25, 0.3) is 0 Å². The molecule has 0 bridgehead atoms. The Balaban J connectivity index is 2.47. The summed E-state index contributed by atoms with van der Waals surface area (Å²) in [7, 11) is 5.82. The van der Waals surface area contributed by atoms with Crippen LogP contribution < -0.4 is 14.2 Å². The molecule has 1 unspecified atom stereocenters. The molecule has 1 atom stereocenters. The number of ether oxygens (including phenoxy) is 4. The Kier molecular flexibility index (Phi) is 7.16. The molecular weight excluding hydrogens is 474 g/mol. The monoisotopic (exact) mass is 493 g/mol. The molecule has 1 aromatic rings. The van der Waals surface area contributed by atoms with Crippen molar-refractivity contribution in [3.05, 3.63) is 14.5 Å². The molecule has 0 aliphatic carbocycles. The zero-order valence-electron chi connectivity index (χ0n) is 15.1. The Morgan fingerprint density at radius 1 is 0.962 bits per heavy atom. The summed E-state index contributed by atoms with van der Waals surface area (Å²) in [5, 5.41) is 0. The molecule has 1 aliphatic heterocycles. The van der Waals surface area contributed by atoms with Gasteiger partial charge < -0.3 is 23.8 Å². The summed E-state index contributed by atoms with van der Waals surface area (Å²) >= 11 is 6.89. The number of hydrogen-bond acceptors (Lipinski definition) is 6. The van der Waals surface area contributed by atoms with Crippen molar-refractivity contribution in [2.24, 2.45) is 5.92 Å². The van der Waals surface area contributed by atoms with Gasteiger partial charge in [-0.3, -0.25) is 9.59 Å². The first-order valence-electron chi connectivity index (χ1n) is 7.95. The van der Waals surface area contributed by atoms with Crippen LogP contribution in [0, 0.1) is 5.92 Å².